The molecule has 0 aliphatic carbocycles. The molecule has 0 saturated carbocycles. The maximum Gasteiger partial charge on any atom is 0.124 e. The smallest absolute Gasteiger partial charge is 0.124 e. The molecule has 0 spiro atoms. The molecule has 0 aliphatic rings. The number of rotatable bonds is 4. The van der Waals surface area contributed by atoms with Gasteiger partial charge in [0.05, 0.1) is 0 Å². The predicted molar refractivity (Wildman–Crippen MR) is 80.8 cm³/mol. The SMILES string of the molecule is CC(NCc1ccc(F)cc1Br)c1cccc(Cl)c1. The van der Waals surface area contributed by atoms with Crippen LogP contribution in [0.15, 0.2) is 46.9 Å². The van der Waals surface area contributed by atoms with Crippen molar-refractivity contribution in [2.24, 2.45) is 0 Å². The molecule has 19 heavy (non-hydrogen) atoms. The van der Waals surface area contributed by atoms with Crippen molar-refractivity contribution in [2.45, 2.75) is 19.5 Å². The summed E-state index contributed by atoms with van der Waals surface area (Å²) in [5, 5.41) is 4.12. The van der Waals surface area contributed by atoms with Crippen molar-refractivity contribution in [3.8, 4) is 0 Å². The molecule has 2 rings (SSSR count). The van der Waals surface area contributed by atoms with Crippen molar-refractivity contribution in [1.29, 1.82) is 0 Å². The highest BCUT2D eigenvalue weighted by molar-refractivity contribution is 9.10. The summed E-state index contributed by atoms with van der Waals surface area (Å²) in [6.45, 7) is 2.73. The van der Waals surface area contributed by atoms with Crippen molar-refractivity contribution in [3.05, 3.63) is 68.9 Å². The van der Waals surface area contributed by atoms with E-state index in [-0.39, 0.29) is 11.9 Å². The van der Waals surface area contributed by atoms with E-state index in [2.05, 4.69) is 28.2 Å². The summed E-state index contributed by atoms with van der Waals surface area (Å²) in [7, 11) is 0. The van der Waals surface area contributed by atoms with Crippen LogP contribution in [-0.2, 0) is 6.54 Å². The van der Waals surface area contributed by atoms with Crippen molar-refractivity contribution in [1.82, 2.24) is 5.32 Å². The Labute approximate surface area is 125 Å². The fraction of sp³-hybridized carbons (Fsp3) is 0.200. The Bertz CT molecular complexity index is 574. The van der Waals surface area contributed by atoms with Crippen LogP contribution in [-0.4, -0.2) is 0 Å². The van der Waals surface area contributed by atoms with Gasteiger partial charge in [-0.1, -0.05) is 45.7 Å². The first kappa shape index (κ1) is 14.5. The summed E-state index contributed by atoms with van der Waals surface area (Å²) >= 11 is 9.34. The summed E-state index contributed by atoms with van der Waals surface area (Å²) in [5.41, 5.74) is 2.15. The summed E-state index contributed by atoms with van der Waals surface area (Å²) in [6, 6.07) is 12.7. The van der Waals surface area contributed by atoms with Crippen molar-refractivity contribution in [2.75, 3.05) is 0 Å². The lowest BCUT2D eigenvalue weighted by molar-refractivity contribution is 0.571. The lowest BCUT2D eigenvalue weighted by atomic mass is 10.1. The fourth-order valence-electron chi connectivity index (χ4n) is 1.82. The van der Waals surface area contributed by atoms with E-state index in [4.69, 9.17) is 11.6 Å². The van der Waals surface area contributed by atoms with Crippen molar-refractivity contribution >= 4 is 27.5 Å². The van der Waals surface area contributed by atoms with Crippen LogP contribution in [0.1, 0.15) is 24.1 Å². The first-order chi connectivity index (χ1) is 9.06. The van der Waals surface area contributed by atoms with E-state index < -0.39 is 0 Å². The van der Waals surface area contributed by atoms with Gasteiger partial charge in [-0.25, -0.2) is 4.39 Å². The molecule has 0 bridgehead atoms. The van der Waals surface area contributed by atoms with Gasteiger partial charge in [0.2, 0.25) is 0 Å². The van der Waals surface area contributed by atoms with Gasteiger partial charge in [-0.3, -0.25) is 0 Å². The zero-order chi connectivity index (χ0) is 13.8. The van der Waals surface area contributed by atoms with Gasteiger partial charge in [0.25, 0.3) is 0 Å². The zero-order valence-electron chi connectivity index (χ0n) is 10.5. The summed E-state index contributed by atoms with van der Waals surface area (Å²) in [5.74, 6) is -0.237. The molecule has 1 N–H and O–H groups in total. The molecule has 0 radical (unpaired) electrons. The van der Waals surface area contributed by atoms with Crippen LogP contribution in [0, 0.1) is 5.82 Å². The summed E-state index contributed by atoms with van der Waals surface area (Å²) in [6.07, 6.45) is 0. The van der Waals surface area contributed by atoms with Crippen molar-refractivity contribution < 1.29 is 4.39 Å². The Balaban J connectivity index is 2.02. The molecule has 0 fully saturated rings. The van der Waals surface area contributed by atoms with Gasteiger partial charge in [0.1, 0.15) is 5.82 Å². The van der Waals surface area contributed by atoms with E-state index in [1.807, 2.05) is 24.3 Å². The van der Waals surface area contributed by atoms with Crippen LogP contribution in [0.2, 0.25) is 5.02 Å². The molecule has 0 heterocycles. The highest BCUT2D eigenvalue weighted by Gasteiger charge is 2.07. The standard InChI is InChI=1S/C15H14BrClFN/c1-10(11-3-2-4-13(17)7-11)19-9-12-5-6-14(18)8-15(12)16/h2-8,10,19H,9H2,1H3. The average Bonchev–Trinajstić information content (AvgIpc) is 2.37. The Morgan fingerprint density at radius 1 is 1.26 bits per heavy atom. The zero-order valence-corrected chi connectivity index (χ0v) is 12.8. The van der Waals surface area contributed by atoms with Gasteiger partial charge < -0.3 is 5.32 Å². The Kier molecular flexibility index (Phi) is 4.97. The Morgan fingerprint density at radius 2 is 2.05 bits per heavy atom. The molecule has 1 unspecified atom stereocenters. The quantitative estimate of drug-likeness (QED) is 0.816. The van der Waals surface area contributed by atoms with Crippen LogP contribution in [0.5, 0.6) is 0 Å². The van der Waals surface area contributed by atoms with Gasteiger partial charge >= 0.3 is 0 Å². The predicted octanol–water partition coefficient (Wildman–Crippen LogP) is 5.09. The monoisotopic (exact) mass is 341 g/mol. The molecule has 2 aromatic carbocycles. The molecule has 0 amide bonds. The highest BCUT2D eigenvalue weighted by Crippen LogP contribution is 2.21. The van der Waals surface area contributed by atoms with E-state index in [9.17, 15) is 4.39 Å². The third-order valence-electron chi connectivity index (χ3n) is 2.96. The fourth-order valence-corrected chi connectivity index (χ4v) is 2.51. The Morgan fingerprint density at radius 3 is 2.74 bits per heavy atom. The van der Waals surface area contributed by atoms with Gasteiger partial charge in [0, 0.05) is 22.1 Å². The van der Waals surface area contributed by atoms with E-state index in [0.29, 0.717) is 6.54 Å². The second-order valence-electron chi connectivity index (χ2n) is 4.39. The third kappa shape index (κ3) is 4.03. The van der Waals surface area contributed by atoms with Gasteiger partial charge in [-0.15, -0.1) is 0 Å². The minimum Gasteiger partial charge on any atom is -0.306 e. The maximum absolute atomic E-state index is 13.0. The van der Waals surface area contributed by atoms with E-state index in [1.54, 1.807) is 6.07 Å². The number of halogens is 3. The van der Waals surface area contributed by atoms with Crippen LogP contribution in [0.25, 0.3) is 0 Å². The first-order valence-electron chi connectivity index (χ1n) is 5.99. The lowest BCUT2D eigenvalue weighted by Gasteiger charge is -2.15. The second kappa shape index (κ2) is 6.51. The van der Waals surface area contributed by atoms with E-state index in [1.165, 1.54) is 12.1 Å². The number of benzene rings is 2. The summed E-state index contributed by atoms with van der Waals surface area (Å²) in [4.78, 5) is 0. The molecule has 0 aliphatic heterocycles. The van der Waals surface area contributed by atoms with E-state index in [0.717, 1.165) is 20.6 Å². The highest BCUT2D eigenvalue weighted by atomic mass is 79.9. The molecule has 1 atom stereocenters. The van der Waals surface area contributed by atoms with Crippen LogP contribution < -0.4 is 5.32 Å². The minimum absolute atomic E-state index is 0.177. The number of hydrogen-bond donors (Lipinski definition) is 1. The Hall–Kier alpha value is -0.900. The van der Waals surface area contributed by atoms with Gasteiger partial charge in [-0.05, 0) is 42.3 Å². The molecular weight excluding hydrogens is 329 g/mol. The normalized spacial score (nSPS) is 12.4. The summed E-state index contributed by atoms with van der Waals surface area (Å²) < 4.78 is 13.8. The topological polar surface area (TPSA) is 12.0 Å². The van der Waals surface area contributed by atoms with Gasteiger partial charge in [0.15, 0.2) is 0 Å². The van der Waals surface area contributed by atoms with Crippen LogP contribution >= 0.6 is 27.5 Å². The average molecular weight is 343 g/mol. The molecular formula is C15H14BrClFN. The third-order valence-corrected chi connectivity index (χ3v) is 3.94. The lowest BCUT2D eigenvalue weighted by Crippen LogP contribution is -2.18. The molecule has 1 nitrogen and oxygen atoms in total. The van der Waals surface area contributed by atoms with Crippen LogP contribution in [0.3, 0.4) is 0 Å². The first-order valence-corrected chi connectivity index (χ1v) is 7.16. The minimum atomic E-state index is -0.237. The number of nitrogens with one attached hydrogen (secondary N) is 1. The van der Waals surface area contributed by atoms with E-state index >= 15 is 0 Å². The molecule has 4 heteroatoms. The molecule has 100 valence electrons. The molecule has 2 aromatic rings. The van der Waals surface area contributed by atoms with Crippen LogP contribution in [0.4, 0.5) is 4.39 Å². The second-order valence-corrected chi connectivity index (χ2v) is 5.68. The maximum atomic E-state index is 13.0. The van der Waals surface area contributed by atoms with Gasteiger partial charge in [-0.2, -0.15) is 0 Å². The largest absolute Gasteiger partial charge is 0.306 e. The molecule has 0 aromatic heterocycles. The number of hydrogen-bond acceptors (Lipinski definition) is 1. The van der Waals surface area contributed by atoms with Crippen molar-refractivity contribution in [3.63, 3.8) is 0 Å². The molecule has 0 saturated heterocycles.